The summed E-state index contributed by atoms with van der Waals surface area (Å²) >= 11 is 0. The zero-order valence-electron chi connectivity index (χ0n) is 6.43. The van der Waals surface area contributed by atoms with E-state index in [0.717, 1.165) is 6.20 Å². The van der Waals surface area contributed by atoms with Gasteiger partial charge in [-0.15, -0.1) is 0 Å². The van der Waals surface area contributed by atoms with Gasteiger partial charge < -0.3 is 0 Å². The summed E-state index contributed by atoms with van der Waals surface area (Å²) in [4.78, 5) is 9.39. The van der Waals surface area contributed by atoms with E-state index in [9.17, 15) is 18.9 Å². The first kappa shape index (κ1) is 9.09. The Balaban J connectivity index is 2.52. The lowest BCUT2D eigenvalue weighted by molar-refractivity contribution is -0.403. The topological polar surface area (TPSA) is 43.1 Å². The van der Waals surface area contributed by atoms with E-state index in [4.69, 9.17) is 0 Å². The van der Waals surface area contributed by atoms with Crippen LogP contribution in [0, 0.1) is 10.1 Å². The second kappa shape index (κ2) is 3.16. The Labute approximate surface area is 68.2 Å². The van der Waals surface area contributed by atoms with E-state index >= 15 is 0 Å². The van der Waals surface area contributed by atoms with Crippen LogP contribution in [0.2, 0.25) is 0 Å². The van der Waals surface area contributed by atoms with E-state index < -0.39 is 10.8 Å². The number of rotatable bonds is 1. The van der Waals surface area contributed by atoms with Gasteiger partial charge in [0.2, 0.25) is 12.1 Å². The lowest BCUT2D eigenvalue weighted by atomic mass is 9.92. The molecule has 0 heterocycles. The average molecular weight is 177 g/mol. The fourth-order valence-corrected chi connectivity index (χ4v) is 1.22. The van der Waals surface area contributed by atoms with Crippen LogP contribution >= 0.6 is 0 Å². The standard InChI is InChI=1S/C7H9F2NO2/c8-7(9)3-1-6(2-4-7)5-10(11)12/h5H,1-4H2. The molecule has 1 fully saturated rings. The van der Waals surface area contributed by atoms with Gasteiger partial charge in [-0.2, -0.15) is 0 Å². The van der Waals surface area contributed by atoms with Gasteiger partial charge in [-0.3, -0.25) is 10.1 Å². The van der Waals surface area contributed by atoms with Crippen LogP contribution in [-0.2, 0) is 0 Å². The molecule has 0 aromatic carbocycles. The third kappa shape index (κ3) is 2.56. The van der Waals surface area contributed by atoms with Crippen molar-refractivity contribution in [3.05, 3.63) is 21.9 Å². The lowest BCUT2D eigenvalue weighted by Gasteiger charge is -2.21. The second-order valence-corrected chi connectivity index (χ2v) is 2.93. The van der Waals surface area contributed by atoms with Crippen molar-refractivity contribution in [2.75, 3.05) is 0 Å². The molecule has 68 valence electrons. The number of nitrogens with zero attached hydrogens (tertiary/aromatic N) is 1. The van der Waals surface area contributed by atoms with Crippen LogP contribution in [0.3, 0.4) is 0 Å². The molecule has 0 bridgehead atoms. The van der Waals surface area contributed by atoms with Crippen LogP contribution < -0.4 is 0 Å². The van der Waals surface area contributed by atoms with E-state index in [1.807, 2.05) is 0 Å². The largest absolute Gasteiger partial charge is 0.259 e. The smallest absolute Gasteiger partial charge is 0.248 e. The first-order chi connectivity index (χ1) is 5.49. The fraction of sp³-hybridized carbons (Fsp3) is 0.714. The fourth-order valence-electron chi connectivity index (χ4n) is 1.22. The highest BCUT2D eigenvalue weighted by Crippen LogP contribution is 2.35. The molecule has 0 aromatic rings. The van der Waals surface area contributed by atoms with Crippen LogP contribution in [0.5, 0.6) is 0 Å². The molecule has 12 heavy (non-hydrogen) atoms. The molecule has 0 amide bonds. The van der Waals surface area contributed by atoms with Crippen molar-refractivity contribution in [2.45, 2.75) is 31.6 Å². The van der Waals surface area contributed by atoms with Crippen molar-refractivity contribution in [3.8, 4) is 0 Å². The molecule has 1 aliphatic carbocycles. The molecule has 0 unspecified atom stereocenters. The number of halogens is 2. The Morgan fingerprint density at radius 2 is 1.92 bits per heavy atom. The van der Waals surface area contributed by atoms with Crippen LogP contribution in [0.1, 0.15) is 25.7 Å². The van der Waals surface area contributed by atoms with Crippen LogP contribution in [-0.4, -0.2) is 10.8 Å². The maximum atomic E-state index is 12.5. The Morgan fingerprint density at radius 3 is 2.33 bits per heavy atom. The summed E-state index contributed by atoms with van der Waals surface area (Å²) in [6, 6.07) is 0. The van der Waals surface area contributed by atoms with Crippen molar-refractivity contribution >= 4 is 0 Å². The third-order valence-corrected chi connectivity index (χ3v) is 1.91. The monoisotopic (exact) mass is 177 g/mol. The predicted octanol–water partition coefficient (Wildman–Crippen LogP) is 2.36. The Bertz CT molecular complexity index is 213. The molecule has 1 aliphatic rings. The van der Waals surface area contributed by atoms with Gasteiger partial charge in [0.05, 0.1) is 4.92 Å². The molecule has 0 saturated heterocycles. The molecule has 0 radical (unpaired) electrons. The van der Waals surface area contributed by atoms with Gasteiger partial charge in [0, 0.05) is 18.4 Å². The first-order valence-electron chi connectivity index (χ1n) is 3.70. The van der Waals surface area contributed by atoms with Crippen molar-refractivity contribution in [1.82, 2.24) is 0 Å². The maximum Gasteiger partial charge on any atom is 0.248 e. The minimum absolute atomic E-state index is 0.147. The van der Waals surface area contributed by atoms with Crippen molar-refractivity contribution in [3.63, 3.8) is 0 Å². The Hall–Kier alpha value is -1.00. The number of hydrogen-bond donors (Lipinski definition) is 0. The minimum Gasteiger partial charge on any atom is -0.259 e. The molecule has 5 heteroatoms. The first-order valence-corrected chi connectivity index (χ1v) is 3.70. The molecule has 1 rings (SSSR count). The SMILES string of the molecule is O=[N+]([O-])C=C1CCC(F)(F)CC1. The van der Waals surface area contributed by atoms with Crippen molar-refractivity contribution < 1.29 is 13.7 Å². The molecule has 0 aliphatic heterocycles. The molecule has 3 nitrogen and oxygen atoms in total. The number of allylic oxidation sites excluding steroid dienone is 1. The molecule has 0 spiro atoms. The normalized spacial score (nSPS) is 22.0. The summed E-state index contributed by atoms with van der Waals surface area (Å²) in [5, 5.41) is 9.97. The Kier molecular flexibility index (Phi) is 2.40. The summed E-state index contributed by atoms with van der Waals surface area (Å²) in [7, 11) is 0. The van der Waals surface area contributed by atoms with Gasteiger partial charge in [-0.05, 0) is 12.8 Å². The summed E-state index contributed by atoms with van der Waals surface area (Å²) < 4.78 is 25.0. The van der Waals surface area contributed by atoms with Gasteiger partial charge in [0.1, 0.15) is 0 Å². The summed E-state index contributed by atoms with van der Waals surface area (Å²) in [5.74, 6) is -2.62. The van der Waals surface area contributed by atoms with E-state index in [1.165, 1.54) is 0 Å². The van der Waals surface area contributed by atoms with Crippen LogP contribution in [0.4, 0.5) is 8.78 Å². The predicted molar refractivity (Wildman–Crippen MR) is 38.5 cm³/mol. The molecule has 1 saturated carbocycles. The molecule has 0 N–H and O–H groups in total. The molecular weight excluding hydrogens is 168 g/mol. The summed E-state index contributed by atoms with van der Waals surface area (Å²) in [6.45, 7) is 0. The minimum atomic E-state index is -2.62. The van der Waals surface area contributed by atoms with Gasteiger partial charge in [-0.25, -0.2) is 8.78 Å². The van der Waals surface area contributed by atoms with Gasteiger partial charge in [-0.1, -0.05) is 0 Å². The van der Waals surface area contributed by atoms with Crippen LogP contribution in [0.25, 0.3) is 0 Å². The quantitative estimate of drug-likeness (QED) is 0.455. The van der Waals surface area contributed by atoms with Crippen molar-refractivity contribution in [1.29, 1.82) is 0 Å². The number of nitro groups is 1. The average Bonchev–Trinajstić information content (AvgIpc) is 1.93. The van der Waals surface area contributed by atoms with E-state index in [-0.39, 0.29) is 25.7 Å². The second-order valence-electron chi connectivity index (χ2n) is 2.93. The zero-order valence-corrected chi connectivity index (χ0v) is 6.43. The number of alkyl halides is 2. The van der Waals surface area contributed by atoms with E-state index in [0.29, 0.717) is 5.57 Å². The number of hydrogen-bond acceptors (Lipinski definition) is 2. The Morgan fingerprint density at radius 1 is 1.42 bits per heavy atom. The highest BCUT2D eigenvalue weighted by atomic mass is 19.3. The third-order valence-electron chi connectivity index (χ3n) is 1.91. The van der Waals surface area contributed by atoms with Crippen molar-refractivity contribution in [2.24, 2.45) is 0 Å². The van der Waals surface area contributed by atoms with E-state index in [1.54, 1.807) is 0 Å². The van der Waals surface area contributed by atoms with Gasteiger partial charge >= 0.3 is 0 Å². The summed E-state index contributed by atoms with van der Waals surface area (Å²) in [6.07, 6.45) is 0.622. The van der Waals surface area contributed by atoms with E-state index in [2.05, 4.69) is 0 Å². The van der Waals surface area contributed by atoms with Gasteiger partial charge in [0.25, 0.3) is 0 Å². The van der Waals surface area contributed by atoms with Gasteiger partial charge in [0.15, 0.2) is 0 Å². The van der Waals surface area contributed by atoms with Crippen LogP contribution in [0.15, 0.2) is 11.8 Å². The highest BCUT2D eigenvalue weighted by molar-refractivity contribution is 5.03. The lowest BCUT2D eigenvalue weighted by Crippen LogP contribution is -2.20. The summed E-state index contributed by atoms with van der Waals surface area (Å²) in [5.41, 5.74) is 0.519. The highest BCUT2D eigenvalue weighted by Gasteiger charge is 2.33. The molecular formula is C7H9F2NO2. The molecule has 0 aromatic heterocycles. The maximum absolute atomic E-state index is 12.5. The molecule has 0 atom stereocenters. The zero-order chi connectivity index (χ0) is 9.19.